The lowest BCUT2D eigenvalue weighted by molar-refractivity contribution is 0.0749. The molecule has 0 saturated heterocycles. The molecule has 2 aromatic rings. The monoisotopic (exact) mass is 370 g/mol. The summed E-state index contributed by atoms with van der Waals surface area (Å²) in [5.74, 6) is 2.67. The maximum absolute atomic E-state index is 12.8. The molecule has 0 fully saturated rings. The van der Waals surface area contributed by atoms with Crippen LogP contribution in [0.1, 0.15) is 48.6 Å². The molecule has 0 aliphatic carbocycles. The van der Waals surface area contributed by atoms with E-state index in [9.17, 15) is 4.79 Å². The summed E-state index contributed by atoms with van der Waals surface area (Å²) in [5.41, 5.74) is 1.47. The van der Waals surface area contributed by atoms with E-state index in [2.05, 4.69) is 29.1 Å². The summed E-state index contributed by atoms with van der Waals surface area (Å²) < 4.78 is 10.7. The minimum atomic E-state index is -0.0460. The van der Waals surface area contributed by atoms with Crippen LogP contribution in [0, 0.1) is 6.92 Å². The second-order valence-corrected chi connectivity index (χ2v) is 6.52. The highest BCUT2D eigenvalue weighted by Crippen LogP contribution is 2.32. The van der Waals surface area contributed by atoms with Crippen LogP contribution in [0.4, 0.5) is 5.82 Å². The van der Waals surface area contributed by atoms with Gasteiger partial charge in [-0.2, -0.15) is 0 Å². The molecule has 2 heterocycles. The van der Waals surface area contributed by atoms with Crippen molar-refractivity contribution in [2.24, 2.45) is 0 Å². The number of anilines is 1. The molecular formula is C20H26N4O3. The summed E-state index contributed by atoms with van der Waals surface area (Å²) in [6, 6.07) is 7.54. The van der Waals surface area contributed by atoms with E-state index in [1.165, 1.54) is 0 Å². The number of hydrogen-bond acceptors (Lipinski definition) is 6. The maximum atomic E-state index is 12.8. The molecule has 0 radical (unpaired) electrons. The third kappa shape index (κ3) is 4.67. The molecule has 1 aromatic heterocycles. The second-order valence-electron chi connectivity index (χ2n) is 6.52. The summed E-state index contributed by atoms with van der Waals surface area (Å²) in [6.45, 7) is 8.22. The van der Waals surface area contributed by atoms with Crippen LogP contribution in [-0.4, -0.2) is 40.7 Å². The number of amides is 1. The quantitative estimate of drug-likeness (QED) is 0.768. The lowest BCUT2D eigenvalue weighted by atomic mass is 10.2. The Morgan fingerprint density at radius 2 is 1.85 bits per heavy atom. The van der Waals surface area contributed by atoms with Crippen molar-refractivity contribution in [2.75, 3.05) is 25.2 Å². The van der Waals surface area contributed by atoms with Crippen LogP contribution in [0.2, 0.25) is 0 Å². The number of ether oxygens (including phenoxy) is 2. The van der Waals surface area contributed by atoms with Gasteiger partial charge in [0.15, 0.2) is 11.5 Å². The van der Waals surface area contributed by atoms with Gasteiger partial charge in [0.2, 0.25) is 6.79 Å². The first-order chi connectivity index (χ1) is 13.1. The Bertz CT molecular complexity index is 804. The van der Waals surface area contributed by atoms with Gasteiger partial charge < -0.3 is 19.7 Å². The number of hydrogen-bond donors (Lipinski definition) is 1. The third-order valence-corrected chi connectivity index (χ3v) is 4.24. The van der Waals surface area contributed by atoms with Gasteiger partial charge in [-0.3, -0.25) is 4.79 Å². The molecular weight excluding hydrogens is 344 g/mol. The molecule has 1 aliphatic heterocycles. The number of nitrogens with one attached hydrogen (secondary N) is 1. The van der Waals surface area contributed by atoms with Gasteiger partial charge in [-0.25, -0.2) is 9.97 Å². The molecule has 0 bridgehead atoms. The number of rotatable bonds is 8. The predicted molar refractivity (Wildman–Crippen MR) is 103 cm³/mol. The maximum Gasteiger partial charge on any atom is 0.272 e. The van der Waals surface area contributed by atoms with Crippen molar-refractivity contribution in [1.29, 1.82) is 0 Å². The van der Waals surface area contributed by atoms with Crippen LogP contribution in [0.3, 0.4) is 0 Å². The summed E-state index contributed by atoms with van der Waals surface area (Å²) >= 11 is 0. The van der Waals surface area contributed by atoms with Crippen LogP contribution in [0.15, 0.2) is 24.3 Å². The summed E-state index contributed by atoms with van der Waals surface area (Å²) in [4.78, 5) is 23.4. The van der Waals surface area contributed by atoms with E-state index in [0.29, 0.717) is 23.9 Å². The molecule has 144 valence electrons. The largest absolute Gasteiger partial charge is 0.454 e. The van der Waals surface area contributed by atoms with Crippen LogP contribution in [0.5, 0.6) is 11.5 Å². The van der Waals surface area contributed by atoms with Crippen molar-refractivity contribution in [2.45, 2.75) is 40.2 Å². The molecule has 3 rings (SSSR count). The molecule has 1 amide bonds. The molecule has 1 aliphatic rings. The zero-order valence-electron chi connectivity index (χ0n) is 16.1. The average Bonchev–Trinajstić information content (AvgIpc) is 3.13. The number of nitrogens with zero attached hydrogens (tertiary/aromatic N) is 3. The first-order valence-electron chi connectivity index (χ1n) is 9.38. The summed E-state index contributed by atoms with van der Waals surface area (Å²) in [7, 11) is 0. The number of aromatic nitrogens is 2. The van der Waals surface area contributed by atoms with Gasteiger partial charge >= 0.3 is 0 Å². The van der Waals surface area contributed by atoms with E-state index in [4.69, 9.17) is 9.47 Å². The molecule has 7 nitrogen and oxygen atoms in total. The van der Waals surface area contributed by atoms with Crippen molar-refractivity contribution >= 4 is 11.7 Å². The number of carbonyl (C=O) groups excluding carboxylic acids is 1. The minimum absolute atomic E-state index is 0.0460. The van der Waals surface area contributed by atoms with E-state index >= 15 is 0 Å². The van der Waals surface area contributed by atoms with Gasteiger partial charge in [-0.05, 0) is 37.5 Å². The van der Waals surface area contributed by atoms with Crippen LogP contribution in [-0.2, 0) is 6.54 Å². The second kappa shape index (κ2) is 8.70. The van der Waals surface area contributed by atoms with Crippen LogP contribution >= 0.6 is 0 Å². The van der Waals surface area contributed by atoms with Gasteiger partial charge in [0.1, 0.15) is 17.3 Å². The van der Waals surface area contributed by atoms with Gasteiger partial charge in [0.25, 0.3) is 5.91 Å². The van der Waals surface area contributed by atoms with Gasteiger partial charge in [-0.15, -0.1) is 0 Å². The summed E-state index contributed by atoms with van der Waals surface area (Å²) in [5, 5.41) is 3.27. The predicted octanol–water partition coefficient (Wildman–Crippen LogP) is 3.39. The summed E-state index contributed by atoms with van der Waals surface area (Å²) in [6.07, 6.45) is 1.84. The van der Waals surface area contributed by atoms with Gasteiger partial charge in [0, 0.05) is 25.7 Å². The van der Waals surface area contributed by atoms with Crippen molar-refractivity contribution < 1.29 is 14.3 Å². The Morgan fingerprint density at radius 3 is 2.59 bits per heavy atom. The molecule has 1 N–H and O–H groups in total. The first kappa shape index (κ1) is 18.9. The fourth-order valence-corrected chi connectivity index (χ4v) is 3.03. The zero-order chi connectivity index (χ0) is 19.2. The lowest BCUT2D eigenvalue weighted by Gasteiger charge is -2.21. The SMILES string of the molecule is CCCN(CCC)C(=O)c1cc(NCc2ccc3c(c2)OCO3)nc(C)n1. The molecule has 0 atom stereocenters. The molecule has 0 spiro atoms. The highest BCUT2D eigenvalue weighted by molar-refractivity contribution is 5.93. The van der Waals surface area contributed by atoms with Gasteiger partial charge in [0.05, 0.1) is 0 Å². The van der Waals surface area contributed by atoms with Crippen molar-refractivity contribution in [1.82, 2.24) is 14.9 Å². The van der Waals surface area contributed by atoms with Crippen molar-refractivity contribution in [3.63, 3.8) is 0 Å². The normalized spacial score (nSPS) is 12.1. The Balaban J connectivity index is 1.72. The van der Waals surface area contributed by atoms with Crippen LogP contribution < -0.4 is 14.8 Å². The lowest BCUT2D eigenvalue weighted by Crippen LogP contribution is -2.33. The Morgan fingerprint density at radius 1 is 1.11 bits per heavy atom. The zero-order valence-corrected chi connectivity index (χ0v) is 16.1. The standard InChI is InChI=1S/C20H26N4O3/c1-4-8-24(9-5-2)20(25)16-11-19(23-14(3)22-16)21-12-15-6-7-17-18(10-15)27-13-26-17/h6-7,10-11H,4-5,8-9,12-13H2,1-3H3,(H,21,22,23). The highest BCUT2D eigenvalue weighted by atomic mass is 16.7. The van der Waals surface area contributed by atoms with Gasteiger partial charge in [-0.1, -0.05) is 19.9 Å². The smallest absolute Gasteiger partial charge is 0.272 e. The Labute approximate surface area is 159 Å². The highest BCUT2D eigenvalue weighted by Gasteiger charge is 2.18. The number of carbonyl (C=O) groups is 1. The topological polar surface area (TPSA) is 76.6 Å². The van der Waals surface area contributed by atoms with E-state index in [0.717, 1.165) is 43.0 Å². The molecule has 7 heteroatoms. The van der Waals surface area contributed by atoms with E-state index < -0.39 is 0 Å². The third-order valence-electron chi connectivity index (χ3n) is 4.24. The van der Waals surface area contributed by atoms with E-state index in [1.54, 1.807) is 13.0 Å². The van der Waals surface area contributed by atoms with Crippen molar-refractivity contribution in [3.8, 4) is 11.5 Å². The number of benzene rings is 1. The van der Waals surface area contributed by atoms with E-state index in [1.807, 2.05) is 23.1 Å². The Kier molecular flexibility index (Phi) is 6.11. The molecule has 0 unspecified atom stereocenters. The Hall–Kier alpha value is -2.83. The fraction of sp³-hybridized carbons (Fsp3) is 0.450. The fourth-order valence-electron chi connectivity index (χ4n) is 3.03. The average molecular weight is 370 g/mol. The first-order valence-corrected chi connectivity index (χ1v) is 9.38. The molecule has 0 saturated carbocycles. The van der Waals surface area contributed by atoms with Crippen LogP contribution in [0.25, 0.3) is 0 Å². The van der Waals surface area contributed by atoms with Crippen molar-refractivity contribution in [3.05, 3.63) is 41.3 Å². The number of fused-ring (bicyclic) bond motifs is 1. The van der Waals surface area contributed by atoms with E-state index in [-0.39, 0.29) is 12.7 Å². The molecule has 1 aromatic carbocycles. The minimum Gasteiger partial charge on any atom is -0.454 e. The molecule has 27 heavy (non-hydrogen) atoms. The number of aryl methyl sites for hydroxylation is 1.